The number of guanidine groups is 1. The van der Waals surface area contributed by atoms with E-state index in [1.165, 1.54) is 6.07 Å². The number of halogens is 1. The molecule has 2 rings (SSSR count). The van der Waals surface area contributed by atoms with Gasteiger partial charge in [0.2, 0.25) is 5.91 Å². The predicted molar refractivity (Wildman–Crippen MR) is 113 cm³/mol. The molecule has 1 unspecified atom stereocenters. The Morgan fingerprint density at radius 3 is 2.39 bits per heavy atom. The second-order valence-corrected chi connectivity index (χ2v) is 6.86. The van der Waals surface area contributed by atoms with Crippen LogP contribution in [0.15, 0.2) is 47.5 Å². The standard InChI is InChI=1S/C22H29FN4O/c1-5-15(2)21(28)27-19-8-6-7-17(11-19)13-25-22(24-4)26-14-18-10-9-16(3)20(23)12-18/h6-12,15H,5,13-14H2,1-4H3,(H,27,28)(H2,24,25,26). The van der Waals surface area contributed by atoms with Gasteiger partial charge in [0, 0.05) is 31.7 Å². The summed E-state index contributed by atoms with van der Waals surface area (Å²) >= 11 is 0. The lowest BCUT2D eigenvalue weighted by atomic mass is 10.1. The van der Waals surface area contributed by atoms with Crippen LogP contribution in [-0.4, -0.2) is 18.9 Å². The summed E-state index contributed by atoms with van der Waals surface area (Å²) in [5.41, 5.74) is 3.28. The highest BCUT2D eigenvalue weighted by Crippen LogP contribution is 2.13. The van der Waals surface area contributed by atoms with Gasteiger partial charge >= 0.3 is 0 Å². The molecule has 5 nitrogen and oxygen atoms in total. The van der Waals surface area contributed by atoms with Crippen molar-refractivity contribution in [2.45, 2.75) is 40.3 Å². The summed E-state index contributed by atoms with van der Waals surface area (Å²) in [7, 11) is 1.69. The molecule has 0 aliphatic rings. The third kappa shape index (κ3) is 6.37. The van der Waals surface area contributed by atoms with Gasteiger partial charge in [-0.1, -0.05) is 38.1 Å². The van der Waals surface area contributed by atoms with Gasteiger partial charge in [-0.2, -0.15) is 0 Å². The minimum absolute atomic E-state index is 0.0172. The van der Waals surface area contributed by atoms with E-state index in [1.54, 1.807) is 20.0 Å². The van der Waals surface area contributed by atoms with Crippen LogP contribution in [0.5, 0.6) is 0 Å². The number of carbonyl (C=O) groups excluding carboxylic acids is 1. The Kier molecular flexibility index (Phi) is 7.99. The maximum Gasteiger partial charge on any atom is 0.227 e. The fourth-order valence-corrected chi connectivity index (χ4v) is 2.55. The van der Waals surface area contributed by atoms with Crippen LogP contribution in [0.2, 0.25) is 0 Å². The number of nitrogens with one attached hydrogen (secondary N) is 3. The van der Waals surface area contributed by atoms with Crippen LogP contribution in [0.4, 0.5) is 10.1 Å². The molecule has 1 atom stereocenters. The van der Waals surface area contributed by atoms with Gasteiger partial charge in [-0.15, -0.1) is 0 Å². The number of aryl methyl sites for hydroxylation is 1. The van der Waals surface area contributed by atoms with E-state index in [0.29, 0.717) is 24.6 Å². The molecular weight excluding hydrogens is 355 g/mol. The van der Waals surface area contributed by atoms with Crippen molar-refractivity contribution in [2.75, 3.05) is 12.4 Å². The minimum atomic E-state index is -0.210. The van der Waals surface area contributed by atoms with Crippen LogP contribution in [0, 0.1) is 18.7 Å². The molecule has 150 valence electrons. The number of benzene rings is 2. The molecule has 0 bridgehead atoms. The van der Waals surface area contributed by atoms with Gasteiger partial charge in [0.05, 0.1) is 0 Å². The lowest BCUT2D eigenvalue weighted by Gasteiger charge is -2.14. The van der Waals surface area contributed by atoms with Crippen molar-refractivity contribution >= 4 is 17.6 Å². The Hall–Kier alpha value is -2.89. The van der Waals surface area contributed by atoms with Crippen molar-refractivity contribution in [1.82, 2.24) is 10.6 Å². The van der Waals surface area contributed by atoms with Gasteiger partial charge in [-0.25, -0.2) is 4.39 Å². The Balaban J connectivity index is 1.89. The molecule has 2 aromatic rings. The third-order valence-corrected chi connectivity index (χ3v) is 4.63. The molecule has 0 heterocycles. The number of hydrogen-bond acceptors (Lipinski definition) is 2. The summed E-state index contributed by atoms with van der Waals surface area (Å²) in [4.78, 5) is 16.2. The molecule has 1 amide bonds. The van der Waals surface area contributed by atoms with Crippen LogP contribution in [-0.2, 0) is 17.9 Å². The van der Waals surface area contributed by atoms with Crippen molar-refractivity contribution in [3.63, 3.8) is 0 Å². The van der Waals surface area contributed by atoms with E-state index >= 15 is 0 Å². The molecule has 6 heteroatoms. The first kappa shape index (κ1) is 21.4. The lowest BCUT2D eigenvalue weighted by molar-refractivity contribution is -0.119. The molecule has 0 aromatic heterocycles. The lowest BCUT2D eigenvalue weighted by Crippen LogP contribution is -2.36. The average molecular weight is 384 g/mol. The predicted octanol–water partition coefficient (Wildman–Crippen LogP) is 3.98. The molecule has 28 heavy (non-hydrogen) atoms. The highest BCUT2D eigenvalue weighted by Gasteiger charge is 2.10. The van der Waals surface area contributed by atoms with Crippen LogP contribution in [0.1, 0.15) is 37.0 Å². The summed E-state index contributed by atoms with van der Waals surface area (Å²) in [6.07, 6.45) is 0.806. The molecule has 0 radical (unpaired) electrons. The first-order valence-corrected chi connectivity index (χ1v) is 9.52. The van der Waals surface area contributed by atoms with Crippen LogP contribution >= 0.6 is 0 Å². The zero-order chi connectivity index (χ0) is 20.5. The Bertz CT molecular complexity index is 835. The molecular formula is C22H29FN4O. The fraction of sp³-hybridized carbons (Fsp3) is 0.364. The Morgan fingerprint density at radius 1 is 1.11 bits per heavy atom. The second kappa shape index (κ2) is 10.4. The van der Waals surface area contributed by atoms with Crippen LogP contribution < -0.4 is 16.0 Å². The largest absolute Gasteiger partial charge is 0.352 e. The quantitative estimate of drug-likeness (QED) is 0.500. The average Bonchev–Trinajstić information content (AvgIpc) is 2.70. The van der Waals surface area contributed by atoms with Gasteiger partial charge in [-0.3, -0.25) is 9.79 Å². The van der Waals surface area contributed by atoms with E-state index in [4.69, 9.17) is 0 Å². The summed E-state index contributed by atoms with van der Waals surface area (Å²) in [5.74, 6) is 0.417. The van der Waals surface area contributed by atoms with Crippen molar-refractivity contribution < 1.29 is 9.18 Å². The number of anilines is 1. The number of nitrogens with zero attached hydrogens (tertiary/aromatic N) is 1. The zero-order valence-corrected chi connectivity index (χ0v) is 17.0. The van der Waals surface area contributed by atoms with Gasteiger partial charge in [0.1, 0.15) is 5.82 Å². The van der Waals surface area contributed by atoms with Gasteiger partial charge in [0.15, 0.2) is 5.96 Å². The first-order valence-electron chi connectivity index (χ1n) is 9.52. The number of carbonyl (C=O) groups is 1. The summed E-state index contributed by atoms with van der Waals surface area (Å²) in [5, 5.41) is 9.35. The topological polar surface area (TPSA) is 65.5 Å². The molecule has 0 aliphatic heterocycles. The van der Waals surface area contributed by atoms with E-state index < -0.39 is 0 Å². The van der Waals surface area contributed by atoms with E-state index in [-0.39, 0.29) is 17.6 Å². The monoisotopic (exact) mass is 384 g/mol. The highest BCUT2D eigenvalue weighted by atomic mass is 19.1. The molecule has 0 saturated carbocycles. The van der Waals surface area contributed by atoms with Crippen molar-refractivity contribution in [1.29, 1.82) is 0 Å². The molecule has 0 aliphatic carbocycles. The van der Waals surface area contributed by atoms with Crippen molar-refractivity contribution in [2.24, 2.45) is 10.9 Å². The molecule has 0 saturated heterocycles. The van der Waals surface area contributed by atoms with E-state index in [0.717, 1.165) is 23.2 Å². The zero-order valence-electron chi connectivity index (χ0n) is 17.0. The number of aliphatic imine (C=N–C) groups is 1. The van der Waals surface area contributed by atoms with E-state index in [1.807, 2.05) is 44.2 Å². The normalized spacial score (nSPS) is 12.4. The molecule has 0 spiro atoms. The van der Waals surface area contributed by atoms with Gasteiger partial charge in [0.25, 0.3) is 0 Å². The number of amides is 1. The molecule has 3 N–H and O–H groups in total. The third-order valence-electron chi connectivity index (χ3n) is 4.63. The van der Waals surface area contributed by atoms with E-state index in [9.17, 15) is 9.18 Å². The number of rotatable bonds is 7. The van der Waals surface area contributed by atoms with Crippen molar-refractivity contribution in [3.8, 4) is 0 Å². The summed E-state index contributed by atoms with van der Waals surface area (Å²) in [6.45, 7) is 6.67. The van der Waals surface area contributed by atoms with Crippen LogP contribution in [0.3, 0.4) is 0 Å². The smallest absolute Gasteiger partial charge is 0.227 e. The first-order chi connectivity index (χ1) is 13.4. The van der Waals surface area contributed by atoms with Gasteiger partial charge < -0.3 is 16.0 Å². The minimum Gasteiger partial charge on any atom is -0.352 e. The van der Waals surface area contributed by atoms with Crippen LogP contribution in [0.25, 0.3) is 0 Å². The summed E-state index contributed by atoms with van der Waals surface area (Å²) < 4.78 is 13.7. The second-order valence-electron chi connectivity index (χ2n) is 6.86. The molecule has 2 aromatic carbocycles. The van der Waals surface area contributed by atoms with Gasteiger partial charge in [-0.05, 0) is 48.2 Å². The highest BCUT2D eigenvalue weighted by molar-refractivity contribution is 5.92. The fourth-order valence-electron chi connectivity index (χ4n) is 2.55. The Morgan fingerprint density at radius 2 is 1.79 bits per heavy atom. The number of hydrogen-bond donors (Lipinski definition) is 3. The van der Waals surface area contributed by atoms with Crippen molar-refractivity contribution in [3.05, 3.63) is 65.0 Å². The Labute approximate surface area is 166 Å². The SMILES string of the molecule is CCC(C)C(=O)Nc1cccc(CNC(=NC)NCc2ccc(C)c(F)c2)c1. The maximum absolute atomic E-state index is 13.7. The summed E-state index contributed by atoms with van der Waals surface area (Å²) in [6, 6.07) is 12.9. The van der Waals surface area contributed by atoms with E-state index in [2.05, 4.69) is 20.9 Å². The molecule has 0 fully saturated rings. The maximum atomic E-state index is 13.7.